The number of carbonyl (C=O) groups excluding carboxylic acids is 1. The molecule has 0 bridgehead atoms. The number of nitrogens with zero attached hydrogens (tertiary/aromatic N) is 26. The largest absolute Gasteiger partial charge is 0.498 e. The third-order valence-electron chi connectivity index (χ3n) is 24.8. The molecule has 4 saturated heterocycles. The SMILES string of the molecule is CC1(C)O[B]OC1(C)C.CC1(C)O[B]OC1(C)C.CCn1nc(-c2cccc(-c3nnn(C)n3)c2OC)c2cc(Cl)ncc21.CCn1nc(I)c2cc(Cl)ncc21.COc1c(B2OC(C)(C)C(C)(C)O2)cccc1-c1nnn(C)n1.COc1c(B2OC(C)(C)C(C)(C)O2)cccc1-c1nnn(C)n1.COc1c(Br)cccc1-c1nnn(C)n1.Clc1cc2c(I)[nH]nc2cn1.Clc1cc2cn[nH]c2cn1.NC(=O)C1CC1. The van der Waals surface area contributed by atoms with Gasteiger partial charge in [-0.3, -0.25) is 24.4 Å². The van der Waals surface area contributed by atoms with Gasteiger partial charge in [0.15, 0.2) is 0 Å². The van der Waals surface area contributed by atoms with Crippen molar-refractivity contribution in [2.45, 2.75) is 195 Å². The molecule has 0 unspecified atom stereocenters. The summed E-state index contributed by atoms with van der Waals surface area (Å²) in [5.74, 6) is 4.78. The lowest BCUT2D eigenvalue weighted by Gasteiger charge is -2.32. The van der Waals surface area contributed by atoms with Crippen LogP contribution in [0.15, 0.2) is 133 Å². The lowest BCUT2D eigenvalue weighted by atomic mass is 9.77. The van der Waals surface area contributed by atoms with Crippen molar-refractivity contribution >= 4 is 198 Å². The number of hydrogen-bond acceptors (Lipinski definition) is 33. The molecule has 53 heteroatoms. The number of rotatable bonds is 14. The summed E-state index contributed by atoms with van der Waals surface area (Å²) < 4.78 is 74.2. The van der Waals surface area contributed by atoms with Crippen LogP contribution in [0.4, 0.5) is 0 Å². The van der Waals surface area contributed by atoms with Gasteiger partial charge in [0.1, 0.15) is 62.2 Å². The number of tetrazole rings is 4. The number of benzene rings is 4. The molecule has 0 spiro atoms. The molecule has 0 atom stereocenters. The van der Waals surface area contributed by atoms with E-state index in [2.05, 4.69) is 175 Å². The van der Waals surface area contributed by atoms with E-state index in [1.165, 1.54) is 34.6 Å². The number of nitrogens with one attached hydrogen (secondary N) is 2. The first-order chi connectivity index (χ1) is 68.4. The van der Waals surface area contributed by atoms with Crippen LogP contribution in [0.25, 0.3) is 100 Å². The molecule has 1 saturated carbocycles. The van der Waals surface area contributed by atoms with Gasteiger partial charge in [0.2, 0.25) is 29.2 Å². The number of carbonyl (C=O) groups is 1. The standard InChI is InChI=1S/C17H16ClN7O.2C15H21BN4O3.C9H9BrN4O.C8H7ClIN3.2C6H12BO2.C6H3ClIN3.C6H4ClN3.C4H7NO/c1-4-25-13-9-19-14(18)8-12(13)15(21-25)10-6-5-7-11(16(10)26-3)17-20-23-24(2)22-17;2*1-14(2)15(3,4)23-16(22-14)11-9-7-8-10(12(11)21-6)13-17-19-20(5)18-13;1-14-12-9(11-13-14)6-4-3-5-7(10)8(6)15-2;1-2-13-6-4-11-7(9)3-5(6)8(10)12-13;2*1-5(2)6(3,4)9-7-8-5;7-5-1-3-4(2-9-5)10-11-6(3)8;7-6-1-4-2-9-10-5(4)3-8-6;5-4(6)3-1-2-3/h5-9H,4H2,1-3H3;2*7-9H,1-6H3;3-5H,1-2H3;3-4H,2H2,1H3;2*1-4H3;1-2H,(H,10,11);1-3H,(H,9,10);3H,1-2H2,(H2,5,6). The number of para-hydroxylation sites is 4. The van der Waals surface area contributed by atoms with Crippen LogP contribution in [0.1, 0.15) is 137 Å². The van der Waals surface area contributed by atoms with Crippen LogP contribution in [0.5, 0.6) is 23.0 Å². The van der Waals surface area contributed by atoms with Gasteiger partial charge >= 0.3 is 29.6 Å². The molecule has 2 radical (unpaired) electrons. The number of hydrogen-bond donors (Lipinski definition) is 3. The third kappa shape index (κ3) is 27.1. The smallest absolute Gasteiger partial charge is 0.496 e. The van der Waals surface area contributed by atoms with Crippen molar-refractivity contribution in [1.82, 2.24) is 141 Å². The van der Waals surface area contributed by atoms with Gasteiger partial charge < -0.3 is 61.9 Å². The fourth-order valence-corrected chi connectivity index (χ4v) is 16.1. The summed E-state index contributed by atoms with van der Waals surface area (Å²) in [5.41, 5.74) is 12.5. The molecule has 5 fully saturated rings. The van der Waals surface area contributed by atoms with E-state index in [1.54, 1.807) is 99.7 Å². The minimum Gasteiger partial charge on any atom is -0.496 e. The van der Waals surface area contributed by atoms with Crippen molar-refractivity contribution in [3.8, 4) is 79.8 Å². The van der Waals surface area contributed by atoms with Crippen molar-refractivity contribution in [2.24, 2.45) is 39.8 Å². The Morgan fingerprint density at radius 2 is 0.814 bits per heavy atom. The first-order valence-corrected chi connectivity index (χ1v) is 49.8. The lowest BCUT2D eigenvalue weighted by Crippen LogP contribution is -2.41. The summed E-state index contributed by atoms with van der Waals surface area (Å²) in [6, 6.07) is 30.2. The number of amides is 1. The second-order valence-corrected chi connectivity index (χ2v) is 41.4. The molecule has 21 rings (SSSR count). The molecular formula is C92H112B4BrCl4I2N29O13. The van der Waals surface area contributed by atoms with Gasteiger partial charge in [-0.25, -0.2) is 19.9 Å². The number of aryl methyl sites for hydroxylation is 6. The van der Waals surface area contributed by atoms with E-state index >= 15 is 0 Å². The zero-order valence-electron chi connectivity index (χ0n) is 85.0. The second kappa shape index (κ2) is 47.7. The number of nitrogens with two attached hydrogens (primary N) is 1. The maximum atomic E-state index is 9.98. The monoisotopic (exact) mass is 2350 g/mol. The highest BCUT2D eigenvalue weighted by Crippen LogP contribution is 2.44. The van der Waals surface area contributed by atoms with E-state index in [9.17, 15) is 4.79 Å². The van der Waals surface area contributed by atoms with Crippen molar-refractivity contribution in [1.29, 1.82) is 0 Å². The van der Waals surface area contributed by atoms with E-state index < -0.39 is 36.6 Å². The van der Waals surface area contributed by atoms with E-state index in [0.29, 0.717) is 73.5 Å². The predicted molar refractivity (Wildman–Crippen MR) is 575 cm³/mol. The molecule has 4 aliphatic heterocycles. The quantitative estimate of drug-likeness (QED) is 0.0517. The Morgan fingerprint density at radius 1 is 0.455 bits per heavy atom. The molecule has 145 heavy (non-hydrogen) atoms. The number of ether oxygens (including phenoxy) is 4. The summed E-state index contributed by atoms with van der Waals surface area (Å²) in [7, 11) is 15.2. The highest BCUT2D eigenvalue weighted by atomic mass is 127. The van der Waals surface area contributed by atoms with E-state index in [-0.39, 0.29) is 34.2 Å². The van der Waals surface area contributed by atoms with Crippen molar-refractivity contribution in [3.63, 3.8) is 0 Å². The maximum absolute atomic E-state index is 9.98. The van der Waals surface area contributed by atoms with Gasteiger partial charge in [-0.2, -0.15) is 39.6 Å². The molecule has 12 aromatic heterocycles. The van der Waals surface area contributed by atoms with E-state index in [0.717, 1.165) is 119 Å². The molecule has 5 aliphatic rings. The highest BCUT2D eigenvalue weighted by Gasteiger charge is 2.55. The first-order valence-electron chi connectivity index (χ1n) is 45.4. The van der Waals surface area contributed by atoms with Gasteiger partial charge in [0.25, 0.3) is 0 Å². The Bertz CT molecular complexity index is 6950. The number of aromatic nitrogens is 28. The minimum absolute atomic E-state index is 0.130. The molecule has 1 aliphatic carbocycles. The van der Waals surface area contributed by atoms with Gasteiger partial charge in [0, 0.05) is 57.0 Å². The predicted octanol–water partition coefficient (Wildman–Crippen LogP) is 15.7. The molecule has 4 N–H and O–H groups in total. The Kier molecular flexibility index (Phi) is 37.2. The van der Waals surface area contributed by atoms with Gasteiger partial charge in [0.05, 0.1) is 176 Å². The van der Waals surface area contributed by atoms with Crippen LogP contribution in [-0.2, 0) is 83.3 Å². The Hall–Kier alpha value is -10.7. The van der Waals surface area contributed by atoms with Gasteiger partial charge in [-0.15, -0.1) is 40.8 Å². The van der Waals surface area contributed by atoms with Gasteiger partial charge in [-0.05, 0) is 280 Å². The van der Waals surface area contributed by atoms with Crippen LogP contribution in [0.2, 0.25) is 20.6 Å². The Labute approximate surface area is 896 Å². The number of fused-ring (bicyclic) bond motifs is 4. The number of methoxy groups -OCH3 is 4. The van der Waals surface area contributed by atoms with Crippen LogP contribution < -0.4 is 35.6 Å². The Balaban J connectivity index is 0.000000148. The minimum atomic E-state index is -0.508. The molecule has 4 aromatic carbocycles. The van der Waals surface area contributed by atoms with Crippen molar-refractivity contribution < 1.29 is 61.0 Å². The second-order valence-electron chi connectivity index (χ2n) is 36.9. The van der Waals surface area contributed by atoms with E-state index in [1.807, 2.05) is 212 Å². The third-order valence-corrected chi connectivity index (χ3v) is 27.9. The summed E-state index contributed by atoms with van der Waals surface area (Å²) in [6.07, 6.45) is 10.6. The zero-order chi connectivity index (χ0) is 106. The molecule has 42 nitrogen and oxygen atoms in total. The molecule has 16 heterocycles. The lowest BCUT2D eigenvalue weighted by molar-refractivity contribution is -0.119. The van der Waals surface area contributed by atoms with E-state index in [4.69, 9.17) is 113 Å². The number of halogens is 7. The summed E-state index contributed by atoms with van der Waals surface area (Å²) in [5, 5.41) is 76.9. The number of H-pyrrole nitrogens is 2. The number of aromatic amines is 2. The normalized spacial score (nSPS) is 16.2. The maximum Gasteiger partial charge on any atom is 0.498 e. The molecule has 764 valence electrons. The van der Waals surface area contributed by atoms with Gasteiger partial charge in [-0.1, -0.05) is 82.8 Å². The van der Waals surface area contributed by atoms with Crippen LogP contribution in [0.3, 0.4) is 0 Å². The van der Waals surface area contributed by atoms with Crippen LogP contribution in [-0.4, -0.2) is 249 Å². The molecular weight excluding hydrogens is 2240 g/mol. The Morgan fingerprint density at radius 3 is 1.19 bits per heavy atom. The average Bonchev–Trinajstić information content (AvgIpc) is 1.58. The molecule has 16 aromatic rings. The van der Waals surface area contributed by atoms with Crippen LogP contribution >= 0.6 is 108 Å². The summed E-state index contributed by atoms with van der Waals surface area (Å²) >= 11 is 31.0. The zero-order valence-corrected chi connectivity index (χ0v) is 93.9. The average molecular weight is 2350 g/mol. The summed E-state index contributed by atoms with van der Waals surface area (Å²) in [6.45, 7) is 37.9. The first kappa shape index (κ1) is 113. The van der Waals surface area contributed by atoms with Crippen LogP contribution in [0, 0.1) is 13.3 Å². The summed E-state index contributed by atoms with van der Waals surface area (Å²) in [4.78, 5) is 31.6. The number of primary amides is 1. The molecule has 1 amide bonds. The van der Waals surface area contributed by atoms with Crippen molar-refractivity contribution in [2.75, 3.05) is 28.4 Å². The fraction of sp³-hybridized carbons (Fsp3) is 0.424. The highest BCUT2D eigenvalue weighted by molar-refractivity contribution is 14.1. The number of pyridine rings is 4. The fourth-order valence-electron chi connectivity index (χ4n) is 13.7. The van der Waals surface area contributed by atoms with Crippen molar-refractivity contribution in [3.05, 3.63) is 161 Å². The topological polar surface area (TPSA) is 473 Å².